The van der Waals surface area contributed by atoms with Crippen LogP contribution in [0, 0.1) is 5.92 Å². The molecule has 104 valence electrons. The standard InChI is InChI=1S/C15H34N2/c1-7-8-9-10-15(6,12-16)17(14(4)5)11-13(2)3/h13-14H,7-12,16H2,1-6H3. The lowest BCUT2D eigenvalue weighted by Gasteiger charge is -2.44. The largest absolute Gasteiger partial charge is 0.329 e. The lowest BCUT2D eigenvalue weighted by atomic mass is 9.90. The van der Waals surface area contributed by atoms with Gasteiger partial charge in [0.15, 0.2) is 0 Å². The second-order valence-corrected chi connectivity index (χ2v) is 6.30. The Morgan fingerprint density at radius 2 is 1.71 bits per heavy atom. The van der Waals surface area contributed by atoms with Gasteiger partial charge < -0.3 is 5.73 Å². The summed E-state index contributed by atoms with van der Waals surface area (Å²) in [6.45, 7) is 15.7. The summed E-state index contributed by atoms with van der Waals surface area (Å²) in [5.41, 5.74) is 6.24. The van der Waals surface area contributed by atoms with Crippen molar-refractivity contribution in [1.29, 1.82) is 0 Å². The van der Waals surface area contributed by atoms with Gasteiger partial charge in [-0.2, -0.15) is 0 Å². The molecule has 17 heavy (non-hydrogen) atoms. The van der Waals surface area contributed by atoms with Crippen LogP contribution in [0.15, 0.2) is 0 Å². The molecule has 0 fully saturated rings. The van der Waals surface area contributed by atoms with Crippen LogP contribution in [0.3, 0.4) is 0 Å². The Kier molecular flexibility index (Phi) is 8.06. The molecule has 0 saturated carbocycles. The van der Waals surface area contributed by atoms with E-state index in [1.165, 1.54) is 25.7 Å². The number of hydrogen-bond donors (Lipinski definition) is 1. The molecule has 0 aromatic carbocycles. The van der Waals surface area contributed by atoms with Crippen LogP contribution in [0.2, 0.25) is 0 Å². The summed E-state index contributed by atoms with van der Waals surface area (Å²) in [6.07, 6.45) is 5.13. The van der Waals surface area contributed by atoms with Crippen molar-refractivity contribution in [2.45, 2.75) is 78.8 Å². The van der Waals surface area contributed by atoms with Crippen molar-refractivity contribution in [2.24, 2.45) is 11.7 Å². The van der Waals surface area contributed by atoms with E-state index in [4.69, 9.17) is 5.73 Å². The second kappa shape index (κ2) is 8.10. The van der Waals surface area contributed by atoms with Crippen molar-refractivity contribution in [2.75, 3.05) is 13.1 Å². The van der Waals surface area contributed by atoms with E-state index in [2.05, 4.69) is 46.4 Å². The molecule has 0 aromatic rings. The predicted molar refractivity (Wildman–Crippen MR) is 78.3 cm³/mol. The van der Waals surface area contributed by atoms with Gasteiger partial charge in [0.2, 0.25) is 0 Å². The molecule has 0 aromatic heterocycles. The molecule has 0 aliphatic rings. The summed E-state index contributed by atoms with van der Waals surface area (Å²) in [6, 6.07) is 0.576. The minimum atomic E-state index is 0.174. The summed E-state index contributed by atoms with van der Waals surface area (Å²) in [5.74, 6) is 0.703. The second-order valence-electron chi connectivity index (χ2n) is 6.30. The van der Waals surface area contributed by atoms with Crippen LogP contribution in [-0.4, -0.2) is 29.6 Å². The zero-order valence-electron chi connectivity index (χ0n) is 12.9. The Morgan fingerprint density at radius 1 is 1.12 bits per heavy atom. The van der Waals surface area contributed by atoms with Crippen molar-refractivity contribution in [3.63, 3.8) is 0 Å². The van der Waals surface area contributed by atoms with Gasteiger partial charge in [0.05, 0.1) is 0 Å². The van der Waals surface area contributed by atoms with E-state index in [-0.39, 0.29) is 5.54 Å². The molecule has 0 rings (SSSR count). The fourth-order valence-electron chi connectivity index (χ4n) is 2.57. The van der Waals surface area contributed by atoms with Gasteiger partial charge in [0.25, 0.3) is 0 Å². The summed E-state index contributed by atoms with van der Waals surface area (Å²) in [7, 11) is 0. The van der Waals surface area contributed by atoms with E-state index in [0.29, 0.717) is 12.0 Å². The molecule has 0 saturated heterocycles. The highest BCUT2D eigenvalue weighted by atomic mass is 15.2. The molecular weight excluding hydrogens is 208 g/mol. The Hall–Kier alpha value is -0.0800. The van der Waals surface area contributed by atoms with Crippen molar-refractivity contribution in [3.05, 3.63) is 0 Å². The monoisotopic (exact) mass is 242 g/mol. The Balaban J connectivity index is 4.61. The summed E-state index contributed by atoms with van der Waals surface area (Å²) in [5, 5.41) is 0. The minimum absolute atomic E-state index is 0.174. The van der Waals surface area contributed by atoms with Gasteiger partial charge in [-0.15, -0.1) is 0 Å². The van der Waals surface area contributed by atoms with E-state index >= 15 is 0 Å². The average molecular weight is 242 g/mol. The van der Waals surface area contributed by atoms with Crippen LogP contribution < -0.4 is 5.73 Å². The van der Waals surface area contributed by atoms with Gasteiger partial charge >= 0.3 is 0 Å². The van der Waals surface area contributed by atoms with Gasteiger partial charge in [-0.05, 0) is 33.1 Å². The van der Waals surface area contributed by atoms with Crippen LogP contribution >= 0.6 is 0 Å². The SMILES string of the molecule is CCCCCC(C)(CN)N(CC(C)C)C(C)C. The normalized spacial score (nSPS) is 15.9. The zero-order chi connectivity index (χ0) is 13.5. The first-order chi connectivity index (χ1) is 7.87. The van der Waals surface area contributed by atoms with Crippen LogP contribution in [0.25, 0.3) is 0 Å². The van der Waals surface area contributed by atoms with Crippen LogP contribution in [-0.2, 0) is 0 Å². The molecule has 0 bridgehead atoms. The molecular formula is C15H34N2. The first-order valence-electron chi connectivity index (χ1n) is 7.34. The number of nitrogens with two attached hydrogens (primary N) is 1. The van der Waals surface area contributed by atoms with E-state index in [1.807, 2.05) is 0 Å². The lowest BCUT2D eigenvalue weighted by molar-refractivity contribution is 0.0540. The van der Waals surface area contributed by atoms with Crippen molar-refractivity contribution >= 4 is 0 Å². The van der Waals surface area contributed by atoms with Crippen LogP contribution in [0.4, 0.5) is 0 Å². The molecule has 0 spiro atoms. The maximum Gasteiger partial charge on any atom is 0.0306 e. The molecule has 2 N–H and O–H groups in total. The first kappa shape index (κ1) is 16.9. The fourth-order valence-corrected chi connectivity index (χ4v) is 2.57. The predicted octanol–water partition coefficient (Wildman–Crippen LogP) is 3.65. The fraction of sp³-hybridized carbons (Fsp3) is 1.00. The van der Waals surface area contributed by atoms with Crippen molar-refractivity contribution in [1.82, 2.24) is 4.90 Å². The molecule has 0 aliphatic carbocycles. The number of nitrogens with zero attached hydrogens (tertiary/aromatic N) is 1. The molecule has 1 unspecified atom stereocenters. The van der Waals surface area contributed by atoms with E-state index < -0.39 is 0 Å². The summed E-state index contributed by atoms with van der Waals surface area (Å²) in [4.78, 5) is 2.60. The highest BCUT2D eigenvalue weighted by molar-refractivity contribution is 4.89. The number of hydrogen-bond acceptors (Lipinski definition) is 2. The molecule has 0 heterocycles. The Bertz CT molecular complexity index is 189. The summed E-state index contributed by atoms with van der Waals surface area (Å²) >= 11 is 0. The van der Waals surface area contributed by atoms with E-state index in [1.54, 1.807) is 0 Å². The van der Waals surface area contributed by atoms with Gasteiger partial charge in [-0.25, -0.2) is 0 Å². The first-order valence-corrected chi connectivity index (χ1v) is 7.34. The topological polar surface area (TPSA) is 29.3 Å². The lowest BCUT2D eigenvalue weighted by Crippen LogP contribution is -2.55. The molecule has 1 atom stereocenters. The van der Waals surface area contributed by atoms with Gasteiger partial charge in [0, 0.05) is 24.7 Å². The summed E-state index contributed by atoms with van der Waals surface area (Å²) < 4.78 is 0. The zero-order valence-corrected chi connectivity index (χ0v) is 12.9. The Labute approximate surface area is 109 Å². The van der Waals surface area contributed by atoms with Crippen molar-refractivity contribution in [3.8, 4) is 0 Å². The van der Waals surface area contributed by atoms with Gasteiger partial charge in [-0.3, -0.25) is 4.90 Å². The molecule has 0 radical (unpaired) electrons. The van der Waals surface area contributed by atoms with E-state index in [0.717, 1.165) is 13.1 Å². The number of unbranched alkanes of at least 4 members (excludes halogenated alkanes) is 2. The van der Waals surface area contributed by atoms with Crippen molar-refractivity contribution < 1.29 is 0 Å². The maximum atomic E-state index is 6.06. The average Bonchev–Trinajstić information content (AvgIpc) is 2.25. The van der Waals surface area contributed by atoms with Crippen LogP contribution in [0.1, 0.15) is 67.2 Å². The third kappa shape index (κ3) is 5.87. The highest BCUT2D eigenvalue weighted by Gasteiger charge is 2.31. The van der Waals surface area contributed by atoms with Crippen LogP contribution in [0.5, 0.6) is 0 Å². The molecule has 2 heteroatoms. The maximum absolute atomic E-state index is 6.06. The minimum Gasteiger partial charge on any atom is -0.329 e. The van der Waals surface area contributed by atoms with Gasteiger partial charge in [-0.1, -0.05) is 40.0 Å². The highest BCUT2D eigenvalue weighted by Crippen LogP contribution is 2.25. The quantitative estimate of drug-likeness (QED) is 0.625. The molecule has 2 nitrogen and oxygen atoms in total. The third-order valence-electron chi connectivity index (χ3n) is 3.64. The molecule has 0 amide bonds. The van der Waals surface area contributed by atoms with Gasteiger partial charge in [0.1, 0.15) is 0 Å². The van der Waals surface area contributed by atoms with E-state index in [9.17, 15) is 0 Å². The Morgan fingerprint density at radius 3 is 2.06 bits per heavy atom. The molecule has 0 aliphatic heterocycles. The smallest absolute Gasteiger partial charge is 0.0306 e. The number of rotatable bonds is 9. The third-order valence-corrected chi connectivity index (χ3v) is 3.64.